The predicted molar refractivity (Wildman–Crippen MR) is 39.9 cm³/mol. The molecule has 1 heterocycles. The van der Waals surface area contributed by atoms with E-state index in [2.05, 4.69) is 15.4 Å². The Labute approximate surface area is 68.4 Å². The van der Waals surface area contributed by atoms with E-state index < -0.39 is 6.09 Å². The Morgan fingerprint density at radius 2 is 2.75 bits per heavy atom. The van der Waals surface area contributed by atoms with E-state index in [0.717, 1.165) is 5.71 Å². The van der Waals surface area contributed by atoms with Crippen molar-refractivity contribution in [2.75, 3.05) is 13.6 Å². The van der Waals surface area contributed by atoms with Gasteiger partial charge in [-0.2, -0.15) is 0 Å². The molecule has 0 saturated heterocycles. The summed E-state index contributed by atoms with van der Waals surface area (Å²) in [4.78, 5) is 13.2. The van der Waals surface area contributed by atoms with Crippen LogP contribution in [-0.2, 0) is 4.94 Å². The van der Waals surface area contributed by atoms with Crippen LogP contribution in [0.15, 0.2) is 5.10 Å². The lowest BCUT2D eigenvalue weighted by molar-refractivity contribution is -0.494. The highest BCUT2D eigenvalue weighted by molar-refractivity contribution is 5.98. The molecule has 0 aromatic rings. The molecule has 66 valence electrons. The first-order valence-corrected chi connectivity index (χ1v) is 3.41. The number of nitrogens with one attached hydrogen (secondary N) is 1. The Morgan fingerprint density at radius 3 is 3.25 bits per heavy atom. The molecule has 0 atom stereocenters. The smallest absolute Gasteiger partial charge is 0.313 e. The van der Waals surface area contributed by atoms with Crippen LogP contribution in [0.1, 0.15) is 6.42 Å². The Morgan fingerprint density at radius 1 is 2.00 bits per heavy atom. The second-order valence-electron chi connectivity index (χ2n) is 2.34. The second kappa shape index (κ2) is 3.80. The van der Waals surface area contributed by atoms with Crippen molar-refractivity contribution in [3.63, 3.8) is 0 Å². The van der Waals surface area contributed by atoms with Crippen molar-refractivity contribution in [3.8, 4) is 0 Å². The van der Waals surface area contributed by atoms with Gasteiger partial charge in [0.25, 0.3) is 0 Å². The molecule has 1 amide bonds. The van der Waals surface area contributed by atoms with Crippen molar-refractivity contribution < 1.29 is 18.9 Å². The third kappa shape index (κ3) is 2.30. The van der Waals surface area contributed by atoms with E-state index in [1.54, 1.807) is 11.7 Å². The van der Waals surface area contributed by atoms with Gasteiger partial charge >= 0.3 is 6.09 Å². The molecule has 5 nitrogen and oxygen atoms in total. The van der Waals surface area contributed by atoms with Crippen LogP contribution in [-0.4, -0.2) is 36.3 Å². The fourth-order valence-electron chi connectivity index (χ4n) is 0.851. The van der Waals surface area contributed by atoms with E-state index >= 15 is 0 Å². The van der Waals surface area contributed by atoms with Gasteiger partial charge in [-0.1, -0.05) is 4.68 Å². The zero-order valence-corrected chi connectivity index (χ0v) is 6.58. The summed E-state index contributed by atoms with van der Waals surface area (Å²) in [5.41, 5.74) is 0.767. The lowest BCUT2D eigenvalue weighted by atomic mass is 10.3. The highest BCUT2D eigenvalue weighted by Crippen LogP contribution is 1.92. The van der Waals surface area contributed by atoms with Crippen molar-refractivity contribution in [3.05, 3.63) is 0 Å². The molecular formula is C6H9FN3O2+. The van der Waals surface area contributed by atoms with Crippen molar-refractivity contribution >= 4 is 18.0 Å². The molecule has 1 rings (SSSR count). The Hall–Kier alpha value is -1.46. The van der Waals surface area contributed by atoms with E-state index in [1.165, 1.54) is 0 Å². The maximum Gasteiger partial charge on any atom is 0.445 e. The number of rotatable bonds is 2. The first kappa shape index (κ1) is 8.63. The number of hydrogen-bond acceptors (Lipinski definition) is 3. The molecule has 1 N–H and O–H groups in total. The zero-order valence-electron chi connectivity index (χ0n) is 6.58. The van der Waals surface area contributed by atoms with Crippen LogP contribution in [0.3, 0.4) is 0 Å². The predicted octanol–water partition coefficient (Wildman–Crippen LogP) is 0.0699. The van der Waals surface area contributed by atoms with E-state index in [-0.39, 0.29) is 6.54 Å². The van der Waals surface area contributed by atoms with Crippen LogP contribution in [0, 0.1) is 0 Å². The first-order valence-electron chi connectivity index (χ1n) is 3.41. The highest BCUT2D eigenvalue weighted by atomic mass is 19.3. The number of carbonyl (C=O) groups excluding carboxylic acids is 1. The molecule has 0 aromatic heterocycles. The summed E-state index contributed by atoms with van der Waals surface area (Å²) in [6.07, 6.45) is 1.42. The Bertz CT molecular complexity index is 249. The number of nitrogens with zero attached hydrogens (tertiary/aromatic N) is 2. The van der Waals surface area contributed by atoms with Gasteiger partial charge in [0.15, 0.2) is 13.3 Å². The van der Waals surface area contributed by atoms with Gasteiger partial charge in [-0.05, 0) is 5.10 Å². The topological polar surface area (TPSA) is 53.7 Å². The van der Waals surface area contributed by atoms with E-state index in [0.29, 0.717) is 6.42 Å². The summed E-state index contributed by atoms with van der Waals surface area (Å²) in [6, 6.07) is 0. The highest BCUT2D eigenvalue weighted by Gasteiger charge is 2.13. The lowest BCUT2D eigenvalue weighted by Crippen LogP contribution is -2.28. The molecule has 1 aliphatic rings. The normalized spacial score (nSPS) is 15.2. The molecule has 0 fully saturated rings. The SMILES string of the molecule is C[N+]1=CCC(CNC(=O)OF)=N1. The van der Waals surface area contributed by atoms with Gasteiger partial charge in [-0.25, -0.2) is 9.74 Å². The van der Waals surface area contributed by atoms with Crippen LogP contribution in [0.25, 0.3) is 0 Å². The molecule has 6 heteroatoms. The number of halogens is 1. The Kier molecular flexibility index (Phi) is 2.73. The summed E-state index contributed by atoms with van der Waals surface area (Å²) in [5, 5.41) is 6.18. The van der Waals surface area contributed by atoms with Crippen LogP contribution < -0.4 is 5.32 Å². The largest absolute Gasteiger partial charge is 0.445 e. The monoisotopic (exact) mass is 174 g/mol. The van der Waals surface area contributed by atoms with Crippen molar-refractivity contribution in [2.24, 2.45) is 5.10 Å². The first-order chi connectivity index (χ1) is 5.72. The number of hydrogen-bond donors (Lipinski definition) is 1. The van der Waals surface area contributed by atoms with Crippen molar-refractivity contribution in [1.29, 1.82) is 0 Å². The van der Waals surface area contributed by atoms with Gasteiger partial charge in [-0.15, -0.1) is 0 Å². The fourth-order valence-corrected chi connectivity index (χ4v) is 0.851. The minimum Gasteiger partial charge on any atom is -0.313 e. The average molecular weight is 174 g/mol. The van der Waals surface area contributed by atoms with Gasteiger partial charge in [0, 0.05) is 4.53 Å². The third-order valence-electron chi connectivity index (χ3n) is 1.40. The molecule has 12 heavy (non-hydrogen) atoms. The van der Waals surface area contributed by atoms with Gasteiger partial charge in [0.2, 0.25) is 0 Å². The third-order valence-corrected chi connectivity index (χ3v) is 1.40. The minimum atomic E-state index is -1.09. The molecule has 1 aliphatic heterocycles. The maximum atomic E-state index is 11.2. The van der Waals surface area contributed by atoms with Crippen molar-refractivity contribution in [2.45, 2.75) is 6.42 Å². The van der Waals surface area contributed by atoms with E-state index in [9.17, 15) is 9.32 Å². The Balaban J connectivity index is 2.26. The minimum absolute atomic E-state index is 0.212. The molecule has 0 aromatic carbocycles. The second-order valence-corrected chi connectivity index (χ2v) is 2.34. The maximum absolute atomic E-state index is 11.2. The number of carbonyl (C=O) groups is 1. The van der Waals surface area contributed by atoms with Crippen LogP contribution >= 0.6 is 0 Å². The summed E-state index contributed by atoms with van der Waals surface area (Å²) in [5.74, 6) is 0. The molecule has 0 radical (unpaired) electrons. The summed E-state index contributed by atoms with van der Waals surface area (Å²) >= 11 is 0. The van der Waals surface area contributed by atoms with E-state index in [1.807, 2.05) is 6.21 Å². The average Bonchev–Trinajstić information content (AvgIpc) is 2.47. The van der Waals surface area contributed by atoms with Crippen LogP contribution in [0.2, 0.25) is 0 Å². The molecule has 0 bridgehead atoms. The molecule has 0 unspecified atom stereocenters. The fraction of sp³-hybridized carbons (Fsp3) is 0.500. The van der Waals surface area contributed by atoms with Gasteiger partial charge in [0.05, 0.1) is 13.0 Å². The number of amides is 1. The van der Waals surface area contributed by atoms with Crippen LogP contribution in [0.5, 0.6) is 0 Å². The lowest BCUT2D eigenvalue weighted by Gasteiger charge is -1.96. The van der Waals surface area contributed by atoms with Gasteiger partial charge in [-0.3, -0.25) is 0 Å². The van der Waals surface area contributed by atoms with E-state index in [4.69, 9.17) is 0 Å². The molecule has 0 aliphatic carbocycles. The standard InChI is InChI=1S/C6H8FN3O2/c1-10-3-2-5(9-10)4-8-6(11)12-7/h3H,2,4H2,1H3/p+1. The van der Waals surface area contributed by atoms with Gasteiger partial charge < -0.3 is 5.32 Å². The van der Waals surface area contributed by atoms with Crippen molar-refractivity contribution in [1.82, 2.24) is 5.32 Å². The van der Waals surface area contributed by atoms with Crippen LogP contribution in [0.4, 0.5) is 9.32 Å². The van der Waals surface area contributed by atoms with Gasteiger partial charge in [0.1, 0.15) is 5.71 Å². The number of hydrazone groups is 1. The summed E-state index contributed by atoms with van der Waals surface area (Å²) < 4.78 is 12.8. The zero-order chi connectivity index (χ0) is 8.97. The molecule has 0 spiro atoms. The summed E-state index contributed by atoms with van der Waals surface area (Å²) in [6.45, 7) is 0.212. The quantitative estimate of drug-likeness (QED) is 0.602. The molecule has 0 saturated carbocycles. The molecular weight excluding hydrogens is 165 g/mol. The summed E-state index contributed by atoms with van der Waals surface area (Å²) in [7, 11) is 1.78.